The highest BCUT2D eigenvalue weighted by Gasteiger charge is 2.17. The number of carbonyl (C=O) groups excluding carboxylic acids is 1. The average Bonchev–Trinajstić information content (AvgIpc) is 2.45. The molecule has 0 spiro atoms. The molecule has 0 rings (SSSR count). The van der Waals surface area contributed by atoms with E-state index in [4.69, 9.17) is 0 Å². The third kappa shape index (κ3) is 8.50. The molecule has 0 aromatic heterocycles. The maximum atomic E-state index is 11.7. The number of nitrogens with one attached hydrogen (secondary N) is 2. The summed E-state index contributed by atoms with van der Waals surface area (Å²) in [5, 5.41) is 6.56. The SMILES string of the molecule is CCC(=O)[C@@H](CS)NC[C@@H](CS)CC[C@@H](CS)NC. The molecular weight excluding hydrogens is 296 g/mol. The molecule has 0 heterocycles. The lowest BCUT2D eigenvalue weighted by molar-refractivity contribution is -0.120. The maximum absolute atomic E-state index is 11.7. The van der Waals surface area contributed by atoms with E-state index in [1.807, 2.05) is 14.0 Å². The van der Waals surface area contributed by atoms with Crippen molar-refractivity contribution in [3.63, 3.8) is 0 Å². The quantitative estimate of drug-likeness (QED) is 0.355. The van der Waals surface area contributed by atoms with Crippen LogP contribution in [0.2, 0.25) is 0 Å². The molecule has 0 radical (unpaired) electrons. The molecule has 2 N–H and O–H groups in total. The summed E-state index contributed by atoms with van der Waals surface area (Å²) in [6, 6.07) is 0.323. The predicted octanol–water partition coefficient (Wildman–Crippen LogP) is 1.70. The monoisotopic (exact) mass is 324 g/mol. The van der Waals surface area contributed by atoms with Crippen LogP contribution in [-0.2, 0) is 4.79 Å². The second-order valence-electron chi connectivity index (χ2n) is 4.76. The molecule has 3 nitrogen and oxygen atoms in total. The molecular formula is C13H28N2OS3. The molecule has 0 aliphatic carbocycles. The largest absolute Gasteiger partial charge is 0.316 e. The van der Waals surface area contributed by atoms with Gasteiger partial charge < -0.3 is 10.6 Å². The van der Waals surface area contributed by atoms with E-state index in [-0.39, 0.29) is 11.8 Å². The number of Topliss-reactive ketones (excluding diaryl/α,β-unsaturated/α-hetero) is 1. The minimum atomic E-state index is -0.124. The Morgan fingerprint density at radius 2 is 1.79 bits per heavy atom. The van der Waals surface area contributed by atoms with Crippen molar-refractivity contribution >= 4 is 43.7 Å². The van der Waals surface area contributed by atoms with Gasteiger partial charge in [-0.1, -0.05) is 6.92 Å². The molecule has 0 aromatic carbocycles. The van der Waals surface area contributed by atoms with Crippen molar-refractivity contribution in [3.05, 3.63) is 0 Å². The highest BCUT2D eigenvalue weighted by atomic mass is 32.1. The Hall–Kier alpha value is 0.640. The highest BCUT2D eigenvalue weighted by Crippen LogP contribution is 2.11. The Bertz CT molecular complexity index is 238. The minimum Gasteiger partial charge on any atom is -0.316 e. The van der Waals surface area contributed by atoms with E-state index in [9.17, 15) is 4.79 Å². The second-order valence-corrected chi connectivity index (χ2v) is 5.85. The second kappa shape index (κ2) is 12.4. The molecule has 0 saturated heterocycles. The van der Waals surface area contributed by atoms with Crippen LogP contribution in [0.3, 0.4) is 0 Å². The van der Waals surface area contributed by atoms with Crippen molar-refractivity contribution in [1.82, 2.24) is 10.6 Å². The van der Waals surface area contributed by atoms with E-state index in [0.29, 0.717) is 24.1 Å². The van der Waals surface area contributed by atoms with Crippen molar-refractivity contribution in [2.75, 3.05) is 30.9 Å². The van der Waals surface area contributed by atoms with Crippen LogP contribution in [0.15, 0.2) is 0 Å². The standard InChI is InChI=1S/C13H28N2OS3/c1-3-13(16)12(9-19)15-6-10(7-17)4-5-11(8-18)14-2/h10-12,14-15,17-19H,3-9H2,1-2H3/t10-,11-,12+/m0/s1. The van der Waals surface area contributed by atoms with Gasteiger partial charge in [0.25, 0.3) is 0 Å². The minimum absolute atomic E-state index is 0.124. The third-order valence-electron chi connectivity index (χ3n) is 3.38. The van der Waals surface area contributed by atoms with Crippen molar-refractivity contribution in [3.8, 4) is 0 Å². The van der Waals surface area contributed by atoms with Gasteiger partial charge in [-0.3, -0.25) is 4.79 Å². The van der Waals surface area contributed by atoms with E-state index in [1.165, 1.54) is 0 Å². The average molecular weight is 325 g/mol. The predicted molar refractivity (Wildman–Crippen MR) is 94.2 cm³/mol. The van der Waals surface area contributed by atoms with Gasteiger partial charge in [-0.2, -0.15) is 37.9 Å². The molecule has 0 fully saturated rings. The zero-order valence-electron chi connectivity index (χ0n) is 11.9. The first-order chi connectivity index (χ1) is 9.12. The smallest absolute Gasteiger partial charge is 0.150 e. The van der Waals surface area contributed by atoms with Crippen LogP contribution in [0, 0.1) is 5.92 Å². The molecule has 3 atom stereocenters. The Kier molecular flexibility index (Phi) is 12.8. The van der Waals surface area contributed by atoms with Gasteiger partial charge in [0, 0.05) is 24.0 Å². The first-order valence-electron chi connectivity index (χ1n) is 6.88. The molecule has 0 aromatic rings. The molecule has 0 saturated carbocycles. The van der Waals surface area contributed by atoms with Crippen LogP contribution in [-0.4, -0.2) is 48.7 Å². The molecule has 0 amide bonds. The summed E-state index contributed by atoms with van der Waals surface area (Å²) in [5.74, 6) is 2.94. The van der Waals surface area contributed by atoms with E-state index in [0.717, 1.165) is 30.9 Å². The number of thiol groups is 3. The zero-order valence-corrected chi connectivity index (χ0v) is 14.6. The van der Waals surface area contributed by atoms with Gasteiger partial charge in [-0.15, -0.1) is 0 Å². The van der Waals surface area contributed by atoms with Gasteiger partial charge >= 0.3 is 0 Å². The summed E-state index contributed by atoms with van der Waals surface area (Å²) in [6.45, 7) is 2.71. The van der Waals surface area contributed by atoms with Crippen molar-refractivity contribution in [2.24, 2.45) is 5.92 Å². The summed E-state index contributed by atoms with van der Waals surface area (Å²) in [5.41, 5.74) is 0. The molecule has 0 bridgehead atoms. The van der Waals surface area contributed by atoms with Crippen LogP contribution in [0.25, 0.3) is 0 Å². The first kappa shape index (κ1) is 19.6. The van der Waals surface area contributed by atoms with Crippen molar-refractivity contribution < 1.29 is 4.79 Å². The molecule has 0 unspecified atom stereocenters. The van der Waals surface area contributed by atoms with Gasteiger partial charge in [-0.05, 0) is 38.1 Å². The summed E-state index contributed by atoms with van der Waals surface area (Å²) >= 11 is 12.9. The van der Waals surface area contributed by atoms with Gasteiger partial charge in [0.05, 0.1) is 6.04 Å². The molecule has 0 aliphatic rings. The normalized spacial score (nSPS) is 16.1. The summed E-state index contributed by atoms with van der Waals surface area (Å²) in [4.78, 5) is 11.7. The van der Waals surface area contributed by atoms with Gasteiger partial charge in [-0.25, -0.2) is 0 Å². The van der Waals surface area contributed by atoms with Crippen LogP contribution < -0.4 is 10.6 Å². The molecule has 114 valence electrons. The van der Waals surface area contributed by atoms with E-state index in [2.05, 4.69) is 48.5 Å². The lowest BCUT2D eigenvalue weighted by Gasteiger charge is -2.22. The molecule has 6 heteroatoms. The summed E-state index contributed by atoms with van der Waals surface area (Å²) in [6.07, 6.45) is 2.73. The number of ketones is 1. The third-order valence-corrected chi connectivity index (χ3v) is 4.71. The zero-order chi connectivity index (χ0) is 14.7. The Balaban J connectivity index is 4.07. The number of hydrogen-bond acceptors (Lipinski definition) is 6. The first-order valence-corrected chi connectivity index (χ1v) is 8.78. The van der Waals surface area contributed by atoms with Crippen LogP contribution in [0.5, 0.6) is 0 Å². The van der Waals surface area contributed by atoms with E-state index >= 15 is 0 Å². The fourth-order valence-electron chi connectivity index (χ4n) is 1.86. The highest BCUT2D eigenvalue weighted by molar-refractivity contribution is 7.80. The van der Waals surface area contributed by atoms with Gasteiger partial charge in [0.1, 0.15) is 5.78 Å². The van der Waals surface area contributed by atoms with E-state index < -0.39 is 0 Å². The van der Waals surface area contributed by atoms with Crippen molar-refractivity contribution in [2.45, 2.75) is 38.3 Å². The van der Waals surface area contributed by atoms with E-state index in [1.54, 1.807) is 0 Å². The van der Waals surface area contributed by atoms with Crippen LogP contribution in [0.4, 0.5) is 0 Å². The van der Waals surface area contributed by atoms with Crippen LogP contribution >= 0.6 is 37.9 Å². The fraction of sp³-hybridized carbons (Fsp3) is 0.923. The number of rotatable bonds is 12. The number of carbonyl (C=O) groups is 1. The van der Waals surface area contributed by atoms with Gasteiger partial charge in [0.15, 0.2) is 0 Å². The summed E-state index contributed by atoms with van der Waals surface area (Å²) < 4.78 is 0. The molecule has 19 heavy (non-hydrogen) atoms. The van der Waals surface area contributed by atoms with Crippen molar-refractivity contribution in [1.29, 1.82) is 0 Å². The van der Waals surface area contributed by atoms with Crippen LogP contribution in [0.1, 0.15) is 26.2 Å². The lowest BCUT2D eigenvalue weighted by Crippen LogP contribution is -2.41. The lowest BCUT2D eigenvalue weighted by atomic mass is 10.0. The molecule has 0 aliphatic heterocycles. The fourth-order valence-corrected chi connectivity index (χ4v) is 2.87. The Morgan fingerprint density at radius 3 is 2.21 bits per heavy atom. The number of hydrogen-bond donors (Lipinski definition) is 5. The summed E-state index contributed by atoms with van der Waals surface area (Å²) in [7, 11) is 1.96. The Labute approximate surface area is 134 Å². The topological polar surface area (TPSA) is 41.1 Å². The Morgan fingerprint density at radius 1 is 1.11 bits per heavy atom. The maximum Gasteiger partial charge on any atom is 0.150 e. The van der Waals surface area contributed by atoms with Gasteiger partial charge in [0.2, 0.25) is 0 Å².